The molecular weight excluding hydrogens is 318 g/mol. The van der Waals surface area contributed by atoms with Gasteiger partial charge in [-0.2, -0.15) is 0 Å². The topological polar surface area (TPSA) is 30.0 Å². The number of rotatable bonds is 4. The Kier molecular flexibility index (Phi) is 4.32. The van der Waals surface area contributed by atoms with Crippen LogP contribution in [0.5, 0.6) is 0 Å². The summed E-state index contributed by atoms with van der Waals surface area (Å²) >= 11 is 0. The van der Waals surface area contributed by atoms with E-state index in [9.17, 15) is 4.79 Å². The standard InChI is InChI=1S/C24H19NO/c1-17-15-16-25-23-20(17)13-8-14-21(23)22(18-9-4-2-5-10-18)24(26)19-11-6-3-7-12-19/h2-16,22H,1H3. The van der Waals surface area contributed by atoms with E-state index in [1.165, 1.54) is 0 Å². The number of hydrogen-bond acceptors (Lipinski definition) is 2. The van der Waals surface area contributed by atoms with Crippen molar-refractivity contribution in [1.82, 2.24) is 4.98 Å². The van der Waals surface area contributed by atoms with E-state index >= 15 is 0 Å². The SMILES string of the molecule is Cc1ccnc2c(C(C(=O)c3ccccc3)c3ccccc3)cccc12. The van der Waals surface area contributed by atoms with Crippen LogP contribution in [0.2, 0.25) is 0 Å². The van der Waals surface area contributed by atoms with Crippen molar-refractivity contribution in [2.45, 2.75) is 12.8 Å². The maximum Gasteiger partial charge on any atom is 0.174 e. The quantitative estimate of drug-likeness (QED) is 0.456. The molecule has 3 aromatic carbocycles. The molecule has 0 aliphatic carbocycles. The number of ketones is 1. The molecule has 26 heavy (non-hydrogen) atoms. The number of hydrogen-bond donors (Lipinski definition) is 0. The van der Waals surface area contributed by atoms with Crippen molar-refractivity contribution in [3.63, 3.8) is 0 Å². The Morgan fingerprint density at radius 1 is 0.808 bits per heavy atom. The van der Waals surface area contributed by atoms with E-state index in [-0.39, 0.29) is 11.7 Å². The zero-order valence-corrected chi connectivity index (χ0v) is 14.6. The largest absolute Gasteiger partial charge is 0.293 e. The number of Topliss-reactive ketones (excluding diaryl/α,β-unsaturated/α-hetero) is 1. The number of fused-ring (bicyclic) bond motifs is 1. The van der Waals surface area contributed by atoms with Crippen LogP contribution in [-0.2, 0) is 0 Å². The molecule has 0 radical (unpaired) electrons. The van der Waals surface area contributed by atoms with Gasteiger partial charge in [0.25, 0.3) is 0 Å². The molecule has 0 aliphatic heterocycles. The molecule has 1 aromatic heterocycles. The smallest absolute Gasteiger partial charge is 0.174 e. The molecule has 0 N–H and O–H groups in total. The summed E-state index contributed by atoms with van der Waals surface area (Å²) in [4.78, 5) is 18.1. The second-order valence-electron chi connectivity index (χ2n) is 6.45. The Morgan fingerprint density at radius 3 is 2.23 bits per heavy atom. The van der Waals surface area contributed by atoms with Gasteiger partial charge in [-0.3, -0.25) is 9.78 Å². The molecule has 4 rings (SSSR count). The minimum Gasteiger partial charge on any atom is -0.293 e. The summed E-state index contributed by atoms with van der Waals surface area (Å²) in [5.74, 6) is -0.288. The predicted molar refractivity (Wildman–Crippen MR) is 106 cm³/mol. The number of carbonyl (C=O) groups is 1. The van der Waals surface area contributed by atoms with Crippen molar-refractivity contribution in [2.24, 2.45) is 0 Å². The maximum absolute atomic E-state index is 13.4. The van der Waals surface area contributed by atoms with E-state index in [2.05, 4.69) is 18.0 Å². The van der Waals surface area contributed by atoms with Crippen LogP contribution < -0.4 is 0 Å². The molecule has 2 heteroatoms. The molecule has 0 aliphatic rings. The van der Waals surface area contributed by atoms with Crippen molar-refractivity contribution >= 4 is 16.7 Å². The average Bonchev–Trinajstić information content (AvgIpc) is 2.70. The highest BCUT2D eigenvalue weighted by Gasteiger charge is 2.26. The first-order chi connectivity index (χ1) is 12.8. The molecule has 0 saturated heterocycles. The third kappa shape index (κ3) is 2.91. The summed E-state index contributed by atoms with van der Waals surface area (Å²) < 4.78 is 0. The second-order valence-corrected chi connectivity index (χ2v) is 6.45. The van der Waals surface area contributed by atoms with Crippen LogP contribution in [-0.4, -0.2) is 10.8 Å². The van der Waals surface area contributed by atoms with Crippen LogP contribution in [0.4, 0.5) is 0 Å². The molecule has 0 fully saturated rings. The van der Waals surface area contributed by atoms with Crippen LogP contribution >= 0.6 is 0 Å². The van der Waals surface area contributed by atoms with Crippen LogP contribution in [0.15, 0.2) is 91.1 Å². The fourth-order valence-corrected chi connectivity index (χ4v) is 3.46. The zero-order chi connectivity index (χ0) is 17.9. The van der Waals surface area contributed by atoms with Crippen molar-refractivity contribution in [3.8, 4) is 0 Å². The van der Waals surface area contributed by atoms with Gasteiger partial charge in [0.2, 0.25) is 0 Å². The van der Waals surface area contributed by atoms with E-state index in [0.717, 1.165) is 27.6 Å². The van der Waals surface area contributed by atoms with Crippen molar-refractivity contribution in [1.29, 1.82) is 0 Å². The van der Waals surface area contributed by atoms with Gasteiger partial charge in [0, 0.05) is 17.1 Å². The van der Waals surface area contributed by atoms with Crippen molar-refractivity contribution < 1.29 is 4.79 Å². The van der Waals surface area contributed by atoms with E-state index < -0.39 is 0 Å². The Bertz CT molecular complexity index is 1060. The van der Waals surface area contributed by atoms with Gasteiger partial charge in [-0.25, -0.2) is 0 Å². The monoisotopic (exact) mass is 337 g/mol. The fraction of sp³-hybridized carbons (Fsp3) is 0.0833. The molecule has 0 bridgehead atoms. The third-order valence-corrected chi connectivity index (χ3v) is 4.78. The van der Waals surface area contributed by atoms with E-state index in [4.69, 9.17) is 0 Å². The normalized spacial score (nSPS) is 12.0. The highest BCUT2D eigenvalue weighted by Crippen LogP contribution is 2.33. The Labute approximate surface area is 153 Å². The number of aryl methyl sites for hydroxylation is 1. The van der Waals surface area contributed by atoms with Gasteiger partial charge in [0.1, 0.15) is 0 Å². The number of benzene rings is 3. The summed E-state index contributed by atoms with van der Waals surface area (Å²) in [7, 11) is 0. The highest BCUT2D eigenvalue weighted by molar-refractivity contribution is 6.05. The summed E-state index contributed by atoms with van der Waals surface area (Å²) in [6, 6.07) is 27.5. The van der Waals surface area contributed by atoms with Crippen molar-refractivity contribution in [3.05, 3.63) is 113 Å². The number of nitrogens with zero attached hydrogens (tertiary/aromatic N) is 1. The van der Waals surface area contributed by atoms with Crippen LogP contribution in [0.1, 0.15) is 33.0 Å². The maximum atomic E-state index is 13.4. The second kappa shape index (κ2) is 6.93. The van der Waals surface area contributed by atoms with Crippen LogP contribution in [0.3, 0.4) is 0 Å². The lowest BCUT2D eigenvalue weighted by Gasteiger charge is -2.19. The van der Waals surface area contributed by atoms with Gasteiger partial charge in [0.15, 0.2) is 5.78 Å². The fourth-order valence-electron chi connectivity index (χ4n) is 3.46. The van der Waals surface area contributed by atoms with Gasteiger partial charge >= 0.3 is 0 Å². The van der Waals surface area contributed by atoms with Gasteiger partial charge < -0.3 is 0 Å². The number of aromatic nitrogens is 1. The first-order valence-electron chi connectivity index (χ1n) is 8.74. The Hall–Kier alpha value is -3.26. The van der Waals surface area contributed by atoms with Crippen molar-refractivity contribution in [2.75, 3.05) is 0 Å². The number of carbonyl (C=O) groups excluding carboxylic acids is 1. The molecule has 0 amide bonds. The summed E-state index contributed by atoms with van der Waals surface area (Å²) in [6.45, 7) is 2.07. The molecule has 2 nitrogen and oxygen atoms in total. The molecule has 1 unspecified atom stereocenters. The third-order valence-electron chi connectivity index (χ3n) is 4.78. The summed E-state index contributed by atoms with van der Waals surface area (Å²) in [6.07, 6.45) is 1.82. The first kappa shape index (κ1) is 16.2. The molecule has 0 saturated carbocycles. The molecule has 1 atom stereocenters. The highest BCUT2D eigenvalue weighted by atomic mass is 16.1. The zero-order valence-electron chi connectivity index (χ0n) is 14.6. The van der Waals surface area contributed by atoms with E-state index in [0.29, 0.717) is 5.56 Å². The van der Waals surface area contributed by atoms with Gasteiger partial charge in [-0.1, -0.05) is 78.9 Å². The minimum absolute atomic E-state index is 0.0904. The predicted octanol–water partition coefficient (Wildman–Crippen LogP) is 5.56. The summed E-state index contributed by atoms with van der Waals surface area (Å²) in [5, 5.41) is 1.09. The molecule has 0 spiro atoms. The first-order valence-corrected chi connectivity index (χ1v) is 8.74. The molecular formula is C24H19NO. The lowest BCUT2D eigenvalue weighted by molar-refractivity contribution is 0.0974. The number of pyridine rings is 1. The minimum atomic E-state index is -0.378. The lowest BCUT2D eigenvalue weighted by atomic mass is 9.83. The molecule has 126 valence electrons. The number of para-hydroxylation sites is 1. The van der Waals surface area contributed by atoms with Crippen LogP contribution in [0, 0.1) is 6.92 Å². The van der Waals surface area contributed by atoms with E-state index in [1.807, 2.05) is 85.1 Å². The van der Waals surface area contributed by atoms with Gasteiger partial charge in [0.05, 0.1) is 11.4 Å². The summed E-state index contributed by atoms with van der Waals surface area (Å²) in [5.41, 5.74) is 4.70. The lowest BCUT2D eigenvalue weighted by Crippen LogP contribution is -2.15. The molecule has 1 heterocycles. The molecule has 4 aromatic rings. The van der Waals surface area contributed by atoms with E-state index in [1.54, 1.807) is 0 Å². The average molecular weight is 337 g/mol. The Morgan fingerprint density at radius 2 is 1.50 bits per heavy atom. The van der Waals surface area contributed by atoms with Crippen LogP contribution in [0.25, 0.3) is 10.9 Å². The van der Waals surface area contributed by atoms with Gasteiger partial charge in [-0.05, 0) is 29.7 Å². The Balaban J connectivity index is 1.95. The van der Waals surface area contributed by atoms with Gasteiger partial charge in [-0.15, -0.1) is 0 Å².